The van der Waals surface area contributed by atoms with Gasteiger partial charge in [0.1, 0.15) is 0 Å². The number of piperidine rings is 1. The van der Waals surface area contributed by atoms with Crippen LogP contribution in [0.1, 0.15) is 58.8 Å². The van der Waals surface area contributed by atoms with Gasteiger partial charge in [0.05, 0.1) is 0 Å². The van der Waals surface area contributed by atoms with Crippen molar-refractivity contribution in [3.63, 3.8) is 0 Å². The van der Waals surface area contributed by atoms with Gasteiger partial charge in [-0.15, -0.1) is 0 Å². The van der Waals surface area contributed by atoms with E-state index in [2.05, 4.69) is 31.1 Å². The van der Waals surface area contributed by atoms with E-state index in [0.29, 0.717) is 5.54 Å². The molecule has 0 aliphatic carbocycles. The Hall–Kier alpha value is -0.0800. The van der Waals surface area contributed by atoms with E-state index in [9.17, 15) is 0 Å². The predicted molar refractivity (Wildman–Crippen MR) is 74.3 cm³/mol. The van der Waals surface area contributed by atoms with Crippen molar-refractivity contribution in [2.45, 2.75) is 70.4 Å². The van der Waals surface area contributed by atoms with Gasteiger partial charge in [-0.2, -0.15) is 0 Å². The van der Waals surface area contributed by atoms with Crippen LogP contribution in [0.4, 0.5) is 0 Å². The summed E-state index contributed by atoms with van der Waals surface area (Å²) in [6, 6.07) is 0.856. The molecule has 2 aliphatic heterocycles. The zero-order chi connectivity index (χ0) is 12.3. The Bertz CT molecular complexity index is 231. The minimum atomic E-state index is 0.446. The van der Waals surface area contributed by atoms with Gasteiger partial charge in [-0.05, 0) is 64.6 Å². The van der Waals surface area contributed by atoms with Gasteiger partial charge in [0, 0.05) is 11.6 Å². The van der Waals surface area contributed by atoms with Gasteiger partial charge in [0.15, 0.2) is 0 Å². The third-order valence-corrected chi connectivity index (χ3v) is 5.23. The second-order valence-electron chi connectivity index (χ2n) is 6.51. The molecule has 2 aliphatic rings. The molecule has 0 saturated carbocycles. The minimum absolute atomic E-state index is 0.446. The Balaban J connectivity index is 1.89. The lowest BCUT2D eigenvalue weighted by atomic mass is 9.75. The minimum Gasteiger partial charge on any atom is -0.311 e. The lowest BCUT2D eigenvalue weighted by molar-refractivity contribution is 0.150. The van der Waals surface area contributed by atoms with Crippen molar-refractivity contribution in [1.29, 1.82) is 0 Å². The molecule has 0 bridgehead atoms. The second kappa shape index (κ2) is 5.71. The third-order valence-electron chi connectivity index (χ3n) is 5.23. The molecule has 17 heavy (non-hydrogen) atoms. The molecule has 2 fully saturated rings. The number of likely N-dealkylation sites (tertiary alicyclic amines) is 1. The molecular weight excluding hydrogens is 208 g/mol. The van der Waals surface area contributed by atoms with E-state index >= 15 is 0 Å². The lowest BCUT2D eigenvalue weighted by Crippen LogP contribution is -2.53. The molecular formula is C15H30N2. The molecule has 0 aromatic rings. The Kier molecular flexibility index (Phi) is 4.48. The van der Waals surface area contributed by atoms with Gasteiger partial charge in [-0.1, -0.05) is 20.3 Å². The van der Waals surface area contributed by atoms with Gasteiger partial charge in [0.25, 0.3) is 0 Å². The second-order valence-corrected chi connectivity index (χ2v) is 6.51. The first-order valence-corrected chi connectivity index (χ1v) is 7.59. The summed E-state index contributed by atoms with van der Waals surface area (Å²) >= 11 is 0. The van der Waals surface area contributed by atoms with Crippen molar-refractivity contribution < 1.29 is 0 Å². The van der Waals surface area contributed by atoms with Gasteiger partial charge in [-0.3, -0.25) is 0 Å². The molecule has 2 saturated heterocycles. The van der Waals surface area contributed by atoms with E-state index < -0.39 is 0 Å². The van der Waals surface area contributed by atoms with E-state index in [1.807, 2.05) is 0 Å². The maximum Gasteiger partial charge on any atom is 0.0205 e. The summed E-state index contributed by atoms with van der Waals surface area (Å²) in [7, 11) is 2.30. The van der Waals surface area contributed by atoms with Crippen LogP contribution in [0, 0.1) is 5.92 Å². The van der Waals surface area contributed by atoms with Gasteiger partial charge < -0.3 is 10.2 Å². The number of hydrogen-bond acceptors (Lipinski definition) is 2. The zero-order valence-corrected chi connectivity index (χ0v) is 12.0. The fourth-order valence-electron chi connectivity index (χ4n) is 3.75. The van der Waals surface area contributed by atoms with Crippen LogP contribution >= 0.6 is 0 Å². The molecule has 100 valence electrons. The van der Waals surface area contributed by atoms with E-state index in [-0.39, 0.29) is 0 Å². The third kappa shape index (κ3) is 3.03. The van der Waals surface area contributed by atoms with Crippen molar-refractivity contribution in [2.75, 3.05) is 20.1 Å². The summed E-state index contributed by atoms with van der Waals surface area (Å²) in [5, 5.41) is 3.85. The normalized spacial score (nSPS) is 35.6. The fourth-order valence-corrected chi connectivity index (χ4v) is 3.75. The summed E-state index contributed by atoms with van der Waals surface area (Å²) in [6.45, 7) is 7.35. The highest BCUT2D eigenvalue weighted by molar-refractivity contribution is 4.95. The van der Waals surface area contributed by atoms with Crippen LogP contribution in [0.15, 0.2) is 0 Å². The van der Waals surface area contributed by atoms with Crippen LogP contribution in [0.25, 0.3) is 0 Å². The maximum absolute atomic E-state index is 3.85. The predicted octanol–water partition coefficient (Wildman–Crippen LogP) is 3.03. The highest BCUT2D eigenvalue weighted by Crippen LogP contribution is 2.33. The number of nitrogens with one attached hydrogen (secondary N) is 1. The van der Waals surface area contributed by atoms with E-state index in [0.717, 1.165) is 12.0 Å². The fraction of sp³-hybridized carbons (Fsp3) is 1.00. The smallest absolute Gasteiger partial charge is 0.0205 e. The summed E-state index contributed by atoms with van der Waals surface area (Å²) < 4.78 is 0. The van der Waals surface area contributed by atoms with Crippen molar-refractivity contribution >= 4 is 0 Å². The molecule has 0 spiro atoms. The quantitative estimate of drug-likeness (QED) is 0.810. The first-order valence-electron chi connectivity index (χ1n) is 7.59. The molecule has 2 heteroatoms. The monoisotopic (exact) mass is 238 g/mol. The average Bonchev–Trinajstić information content (AvgIpc) is 2.73. The topological polar surface area (TPSA) is 15.3 Å². The molecule has 1 N–H and O–H groups in total. The molecule has 2 atom stereocenters. The molecule has 0 amide bonds. The van der Waals surface area contributed by atoms with Crippen LogP contribution in [0.2, 0.25) is 0 Å². The first-order chi connectivity index (χ1) is 8.14. The highest BCUT2D eigenvalue weighted by atomic mass is 15.1. The molecule has 2 nitrogen and oxygen atoms in total. The van der Waals surface area contributed by atoms with E-state index in [1.165, 1.54) is 58.0 Å². The van der Waals surface area contributed by atoms with Crippen LogP contribution in [-0.4, -0.2) is 36.6 Å². The molecule has 0 aromatic carbocycles. The molecule has 2 heterocycles. The molecule has 2 unspecified atom stereocenters. The lowest BCUT2D eigenvalue weighted by Gasteiger charge is -2.43. The van der Waals surface area contributed by atoms with Crippen molar-refractivity contribution in [3.05, 3.63) is 0 Å². The van der Waals surface area contributed by atoms with Crippen molar-refractivity contribution in [1.82, 2.24) is 10.2 Å². The van der Waals surface area contributed by atoms with Crippen LogP contribution in [0.5, 0.6) is 0 Å². The van der Waals surface area contributed by atoms with Gasteiger partial charge >= 0.3 is 0 Å². The van der Waals surface area contributed by atoms with Crippen molar-refractivity contribution in [2.24, 2.45) is 5.92 Å². The van der Waals surface area contributed by atoms with Crippen LogP contribution < -0.4 is 5.32 Å². The average molecular weight is 238 g/mol. The molecule has 0 radical (unpaired) electrons. The summed E-state index contributed by atoms with van der Waals surface area (Å²) in [5.41, 5.74) is 0.446. The Morgan fingerprint density at radius 3 is 2.65 bits per heavy atom. The van der Waals surface area contributed by atoms with E-state index in [1.54, 1.807) is 0 Å². The Labute approximate surface area is 107 Å². The molecule has 2 rings (SSSR count). The summed E-state index contributed by atoms with van der Waals surface area (Å²) in [4.78, 5) is 2.57. The maximum atomic E-state index is 3.85. The zero-order valence-electron chi connectivity index (χ0n) is 12.0. The van der Waals surface area contributed by atoms with E-state index in [4.69, 9.17) is 0 Å². The number of rotatable bonds is 4. The Morgan fingerprint density at radius 1 is 1.29 bits per heavy atom. The van der Waals surface area contributed by atoms with Crippen LogP contribution in [0.3, 0.4) is 0 Å². The van der Waals surface area contributed by atoms with Crippen LogP contribution in [-0.2, 0) is 0 Å². The van der Waals surface area contributed by atoms with Gasteiger partial charge in [0.2, 0.25) is 0 Å². The summed E-state index contributed by atoms with van der Waals surface area (Å²) in [5.74, 6) is 0.773. The number of hydrogen-bond donors (Lipinski definition) is 1. The number of nitrogens with zero attached hydrogens (tertiary/aromatic N) is 1. The largest absolute Gasteiger partial charge is 0.311 e. The SMILES string of the molecule is CC(C)C1(CCC2CCCN2C)CCCCN1. The molecule has 0 aromatic heterocycles. The summed E-state index contributed by atoms with van der Waals surface area (Å²) in [6.07, 6.45) is 9.78. The van der Waals surface area contributed by atoms with Gasteiger partial charge in [-0.25, -0.2) is 0 Å². The van der Waals surface area contributed by atoms with Crippen molar-refractivity contribution in [3.8, 4) is 0 Å². The standard InChI is InChI=1S/C15H30N2/c1-13(2)15(9-4-5-11-16-15)10-8-14-7-6-12-17(14)3/h13-14,16H,4-12H2,1-3H3. The Morgan fingerprint density at radius 2 is 2.12 bits per heavy atom. The highest BCUT2D eigenvalue weighted by Gasteiger charge is 2.35. The first kappa shape index (κ1) is 13.4.